The summed E-state index contributed by atoms with van der Waals surface area (Å²) in [5, 5.41) is 19.0. The van der Waals surface area contributed by atoms with E-state index in [2.05, 4.69) is 22.0 Å². The number of furan rings is 1. The number of nitrogens with one attached hydrogen (secondary N) is 3. The van der Waals surface area contributed by atoms with E-state index in [-0.39, 0.29) is 28.5 Å². The van der Waals surface area contributed by atoms with E-state index in [1.165, 1.54) is 24.5 Å². The van der Waals surface area contributed by atoms with Crippen LogP contribution in [0, 0.1) is 24.1 Å². The maximum absolute atomic E-state index is 14.2. The molecular weight excluding hydrogens is 479 g/mol. The maximum atomic E-state index is 14.2. The van der Waals surface area contributed by atoms with Gasteiger partial charge in [-0.3, -0.25) is 9.59 Å². The first-order valence-electron chi connectivity index (χ1n) is 11.1. The third kappa shape index (κ3) is 5.50. The minimum Gasteiger partial charge on any atom is -0.468 e. The largest absolute Gasteiger partial charge is 0.468 e. The van der Waals surface area contributed by atoms with Crippen molar-refractivity contribution in [1.82, 2.24) is 5.32 Å². The molecule has 0 aliphatic carbocycles. The van der Waals surface area contributed by atoms with Gasteiger partial charge in [0.1, 0.15) is 11.6 Å². The number of dihydropyridines is 1. The molecule has 1 atom stereocenters. The van der Waals surface area contributed by atoms with Crippen molar-refractivity contribution in [2.24, 2.45) is 0 Å². The number of nitriles is 1. The molecule has 1 aromatic heterocycles. The zero-order chi connectivity index (χ0) is 25.7. The fraction of sp³-hybridized carbons (Fsp3) is 0.148. The molecule has 3 N–H and O–H groups in total. The number of carbonyl (C=O) groups excluding carboxylic acids is 2. The number of allylic oxidation sites excluding steroid dienone is 2. The Morgan fingerprint density at radius 1 is 1.08 bits per heavy atom. The van der Waals surface area contributed by atoms with Crippen LogP contribution in [0.1, 0.15) is 24.2 Å². The average Bonchev–Trinajstić information content (AvgIpc) is 3.39. The number of rotatable bonds is 7. The van der Waals surface area contributed by atoms with Crippen LogP contribution >= 0.6 is 11.8 Å². The fourth-order valence-electron chi connectivity index (χ4n) is 3.79. The van der Waals surface area contributed by atoms with Crippen LogP contribution in [0.3, 0.4) is 0 Å². The molecule has 4 rings (SSSR count). The van der Waals surface area contributed by atoms with Crippen LogP contribution in [0.25, 0.3) is 0 Å². The van der Waals surface area contributed by atoms with E-state index in [0.29, 0.717) is 22.2 Å². The SMILES string of the molecule is CC1=C(C(=O)Nc2ccccc2F)[C@@H](c2ccco2)C(C#N)=C(SCC(=O)Nc2ccc(C)cc2)N1. The summed E-state index contributed by atoms with van der Waals surface area (Å²) in [6.07, 6.45) is 1.45. The Balaban J connectivity index is 1.58. The molecule has 0 unspecified atom stereocenters. The monoisotopic (exact) mass is 502 g/mol. The van der Waals surface area contributed by atoms with Crippen molar-refractivity contribution in [3.8, 4) is 6.07 Å². The molecular formula is C27H23FN4O3S. The number of thioether (sulfide) groups is 1. The normalized spacial score (nSPS) is 15.2. The van der Waals surface area contributed by atoms with Crippen LogP contribution in [0.15, 0.2) is 93.2 Å². The molecule has 3 aromatic rings. The fourth-order valence-corrected chi connectivity index (χ4v) is 4.68. The van der Waals surface area contributed by atoms with Crippen molar-refractivity contribution < 1.29 is 18.4 Å². The third-order valence-electron chi connectivity index (χ3n) is 5.52. The van der Waals surface area contributed by atoms with Gasteiger partial charge >= 0.3 is 0 Å². The van der Waals surface area contributed by atoms with Crippen molar-refractivity contribution in [1.29, 1.82) is 5.26 Å². The molecule has 0 bridgehead atoms. The summed E-state index contributed by atoms with van der Waals surface area (Å²) in [5.41, 5.74) is 2.69. The van der Waals surface area contributed by atoms with E-state index in [9.17, 15) is 19.2 Å². The van der Waals surface area contributed by atoms with Crippen molar-refractivity contribution >= 4 is 35.0 Å². The number of para-hydroxylation sites is 1. The second-order valence-electron chi connectivity index (χ2n) is 8.10. The number of carbonyl (C=O) groups is 2. The lowest BCUT2D eigenvalue weighted by Gasteiger charge is -2.28. The summed E-state index contributed by atoms with van der Waals surface area (Å²) in [4.78, 5) is 25.8. The lowest BCUT2D eigenvalue weighted by molar-refractivity contribution is -0.114. The second kappa shape index (κ2) is 11.0. The lowest BCUT2D eigenvalue weighted by atomic mass is 9.85. The Labute approximate surface area is 212 Å². The van der Waals surface area contributed by atoms with Gasteiger partial charge in [-0.25, -0.2) is 4.39 Å². The Hall–Kier alpha value is -4.29. The van der Waals surface area contributed by atoms with E-state index in [0.717, 1.165) is 17.3 Å². The van der Waals surface area contributed by atoms with E-state index < -0.39 is 17.6 Å². The quantitative estimate of drug-likeness (QED) is 0.398. The first kappa shape index (κ1) is 24.8. The zero-order valence-electron chi connectivity index (χ0n) is 19.6. The molecule has 0 fully saturated rings. The van der Waals surface area contributed by atoms with Gasteiger partial charge < -0.3 is 20.4 Å². The molecule has 182 valence electrons. The Morgan fingerprint density at radius 3 is 2.50 bits per heavy atom. The van der Waals surface area contributed by atoms with Crippen molar-refractivity contribution in [3.63, 3.8) is 0 Å². The number of benzene rings is 2. The number of amides is 2. The number of anilines is 2. The van der Waals surface area contributed by atoms with Crippen LogP contribution in [0.5, 0.6) is 0 Å². The molecule has 2 amide bonds. The van der Waals surface area contributed by atoms with Crippen molar-refractivity contribution in [2.45, 2.75) is 19.8 Å². The predicted molar refractivity (Wildman–Crippen MR) is 137 cm³/mol. The molecule has 0 saturated carbocycles. The molecule has 1 aliphatic heterocycles. The highest BCUT2D eigenvalue weighted by Gasteiger charge is 2.36. The summed E-state index contributed by atoms with van der Waals surface area (Å²) in [6.45, 7) is 3.65. The van der Waals surface area contributed by atoms with Crippen LogP contribution in [-0.2, 0) is 9.59 Å². The molecule has 0 spiro atoms. The first-order chi connectivity index (χ1) is 17.4. The van der Waals surface area contributed by atoms with E-state index >= 15 is 0 Å². The Kier molecular flexibility index (Phi) is 7.56. The highest BCUT2D eigenvalue weighted by Crippen LogP contribution is 2.41. The number of nitrogens with zero attached hydrogens (tertiary/aromatic N) is 1. The Bertz CT molecular complexity index is 1390. The van der Waals surface area contributed by atoms with Gasteiger partial charge in [-0.15, -0.1) is 0 Å². The average molecular weight is 503 g/mol. The number of hydrogen-bond donors (Lipinski definition) is 3. The Morgan fingerprint density at radius 2 is 1.83 bits per heavy atom. The summed E-state index contributed by atoms with van der Waals surface area (Å²) >= 11 is 1.15. The molecule has 1 aliphatic rings. The van der Waals surface area contributed by atoms with Gasteiger partial charge in [0.15, 0.2) is 0 Å². The molecule has 0 saturated heterocycles. The summed E-state index contributed by atoms with van der Waals surface area (Å²) in [7, 11) is 0. The highest BCUT2D eigenvalue weighted by atomic mass is 32.2. The van der Waals surface area contributed by atoms with Gasteiger partial charge in [-0.05, 0) is 50.2 Å². The minimum absolute atomic E-state index is 0.0245. The van der Waals surface area contributed by atoms with Crippen LogP contribution in [0.2, 0.25) is 0 Å². The number of halogens is 1. The summed E-state index contributed by atoms with van der Waals surface area (Å²) < 4.78 is 19.8. The van der Waals surface area contributed by atoms with Crippen LogP contribution < -0.4 is 16.0 Å². The standard InChI is InChI=1S/C27H23FN4O3S/c1-16-9-11-18(12-10-16)31-23(33)15-36-27-19(14-29)25(22-8-5-13-35-22)24(17(2)30-27)26(34)32-21-7-4-3-6-20(21)28/h3-13,25,30H,15H2,1-2H3,(H,31,33)(H,32,34)/t25-/m1/s1. The van der Waals surface area contributed by atoms with Gasteiger partial charge in [0.2, 0.25) is 5.91 Å². The summed E-state index contributed by atoms with van der Waals surface area (Å²) in [6, 6.07) is 18.8. The molecule has 9 heteroatoms. The number of aryl methyl sites for hydroxylation is 1. The molecule has 2 aromatic carbocycles. The topological polar surface area (TPSA) is 107 Å². The predicted octanol–water partition coefficient (Wildman–Crippen LogP) is 5.43. The summed E-state index contributed by atoms with van der Waals surface area (Å²) in [5.74, 6) is -1.80. The second-order valence-corrected chi connectivity index (χ2v) is 9.09. The van der Waals surface area contributed by atoms with Gasteiger partial charge in [-0.1, -0.05) is 41.6 Å². The van der Waals surface area contributed by atoms with E-state index in [1.54, 1.807) is 25.1 Å². The maximum Gasteiger partial charge on any atom is 0.254 e. The smallest absolute Gasteiger partial charge is 0.254 e. The van der Waals surface area contributed by atoms with Gasteiger partial charge in [0.05, 0.1) is 45.9 Å². The highest BCUT2D eigenvalue weighted by molar-refractivity contribution is 8.03. The lowest BCUT2D eigenvalue weighted by Crippen LogP contribution is -2.31. The molecule has 0 radical (unpaired) electrons. The van der Waals surface area contributed by atoms with Crippen molar-refractivity contribution in [3.05, 3.63) is 106 Å². The van der Waals surface area contributed by atoms with Gasteiger partial charge in [0.25, 0.3) is 5.91 Å². The zero-order valence-corrected chi connectivity index (χ0v) is 20.4. The van der Waals surface area contributed by atoms with Crippen molar-refractivity contribution in [2.75, 3.05) is 16.4 Å². The number of hydrogen-bond acceptors (Lipinski definition) is 6. The first-order valence-corrected chi connectivity index (χ1v) is 12.1. The molecule has 2 heterocycles. The minimum atomic E-state index is -0.833. The van der Waals surface area contributed by atoms with Crippen LogP contribution in [0.4, 0.5) is 15.8 Å². The molecule has 36 heavy (non-hydrogen) atoms. The van der Waals surface area contributed by atoms with E-state index in [1.807, 2.05) is 31.2 Å². The van der Waals surface area contributed by atoms with E-state index in [4.69, 9.17) is 4.42 Å². The van der Waals surface area contributed by atoms with Gasteiger partial charge in [0, 0.05) is 11.4 Å². The third-order valence-corrected chi connectivity index (χ3v) is 6.54. The molecule has 7 nitrogen and oxygen atoms in total. The van der Waals surface area contributed by atoms with Gasteiger partial charge in [-0.2, -0.15) is 5.26 Å². The van der Waals surface area contributed by atoms with Crippen LogP contribution in [-0.4, -0.2) is 17.6 Å².